The van der Waals surface area contributed by atoms with Gasteiger partial charge in [0.2, 0.25) is 0 Å². The van der Waals surface area contributed by atoms with Gasteiger partial charge in [-0.25, -0.2) is 8.42 Å². The van der Waals surface area contributed by atoms with Crippen molar-refractivity contribution in [3.05, 3.63) is 52.0 Å². The van der Waals surface area contributed by atoms with Crippen LogP contribution in [0.5, 0.6) is 0 Å². The highest BCUT2D eigenvalue weighted by molar-refractivity contribution is 7.90. The number of furan rings is 1. The van der Waals surface area contributed by atoms with E-state index in [1.165, 1.54) is 18.4 Å². The number of nitro groups is 1. The van der Waals surface area contributed by atoms with Crippen LogP contribution in [0.25, 0.3) is 0 Å². The van der Waals surface area contributed by atoms with Crippen molar-refractivity contribution in [1.82, 2.24) is 5.32 Å². The van der Waals surface area contributed by atoms with Gasteiger partial charge in [0.1, 0.15) is 5.76 Å². The number of carbonyl (C=O) groups is 1. The van der Waals surface area contributed by atoms with Crippen LogP contribution in [0.4, 0.5) is 11.4 Å². The molecule has 150 valence electrons. The molecule has 2 heterocycles. The third kappa shape index (κ3) is 4.16. The number of carbonyl (C=O) groups excluding carboxylic acids is 1. The van der Waals surface area contributed by atoms with Gasteiger partial charge in [-0.1, -0.05) is 0 Å². The van der Waals surface area contributed by atoms with E-state index < -0.39 is 14.8 Å². The van der Waals surface area contributed by atoms with Crippen LogP contribution in [0.1, 0.15) is 29.0 Å². The Balaban J connectivity index is 1.72. The fourth-order valence-electron chi connectivity index (χ4n) is 3.32. The average molecular weight is 407 g/mol. The number of nitrogens with zero attached hydrogens (tertiary/aromatic N) is 2. The summed E-state index contributed by atoms with van der Waals surface area (Å²) in [6.45, 7) is 2.77. The fourth-order valence-corrected chi connectivity index (χ4v) is 4.23. The van der Waals surface area contributed by atoms with Gasteiger partial charge in [0.25, 0.3) is 11.6 Å². The number of benzene rings is 1. The molecular formula is C18H21N3O6S. The molecule has 0 aliphatic carbocycles. The van der Waals surface area contributed by atoms with Gasteiger partial charge in [0.05, 0.1) is 27.3 Å². The second kappa shape index (κ2) is 7.63. The standard InChI is InChI=1S/C18H21N3O6S/c1-12-15(7-10-27-12)18(22)19-13-5-8-20(9-6-13)16-4-3-14(21(23)24)11-17(16)28(2,25)26/h3-4,7,10-11,13H,5-6,8-9H2,1-2H3,(H,19,22). The third-order valence-electron chi connectivity index (χ3n) is 4.83. The number of non-ortho nitro benzene ring substituents is 1. The van der Waals surface area contributed by atoms with Crippen molar-refractivity contribution in [2.45, 2.75) is 30.7 Å². The van der Waals surface area contributed by atoms with Crippen LogP contribution >= 0.6 is 0 Å². The Kier molecular flexibility index (Phi) is 5.41. The largest absolute Gasteiger partial charge is 0.469 e. The predicted molar refractivity (Wildman–Crippen MR) is 102 cm³/mol. The zero-order valence-corrected chi connectivity index (χ0v) is 16.4. The molecule has 1 aliphatic rings. The molecule has 1 aromatic heterocycles. The van der Waals surface area contributed by atoms with Crippen molar-refractivity contribution in [2.24, 2.45) is 0 Å². The van der Waals surface area contributed by atoms with Crippen LogP contribution in [0.2, 0.25) is 0 Å². The number of hydrogen-bond donors (Lipinski definition) is 1. The highest BCUT2D eigenvalue weighted by Crippen LogP contribution is 2.31. The molecule has 2 aromatic rings. The molecule has 3 rings (SSSR count). The molecule has 0 atom stereocenters. The quantitative estimate of drug-likeness (QED) is 0.596. The van der Waals surface area contributed by atoms with Crippen molar-refractivity contribution in [2.75, 3.05) is 24.2 Å². The van der Waals surface area contributed by atoms with Crippen LogP contribution in [0.15, 0.2) is 39.8 Å². The molecule has 0 unspecified atom stereocenters. The number of piperidine rings is 1. The molecule has 9 nitrogen and oxygen atoms in total. The maximum Gasteiger partial charge on any atom is 0.270 e. The first-order valence-electron chi connectivity index (χ1n) is 8.75. The van der Waals surface area contributed by atoms with Gasteiger partial charge >= 0.3 is 0 Å². The lowest BCUT2D eigenvalue weighted by Gasteiger charge is -2.34. The summed E-state index contributed by atoms with van der Waals surface area (Å²) in [5.41, 5.74) is 0.683. The molecule has 1 fully saturated rings. The maximum atomic E-state index is 12.3. The molecule has 1 amide bonds. The number of amides is 1. The van der Waals surface area contributed by atoms with Gasteiger partial charge in [-0.3, -0.25) is 14.9 Å². The molecule has 0 saturated carbocycles. The van der Waals surface area contributed by atoms with Crippen LogP contribution in [0.3, 0.4) is 0 Å². The van der Waals surface area contributed by atoms with E-state index >= 15 is 0 Å². The Bertz CT molecular complexity index is 1010. The monoisotopic (exact) mass is 407 g/mol. The number of nitro benzene ring substituents is 1. The lowest BCUT2D eigenvalue weighted by atomic mass is 10.0. The summed E-state index contributed by atoms with van der Waals surface area (Å²) < 4.78 is 29.4. The highest BCUT2D eigenvalue weighted by Gasteiger charge is 2.27. The van der Waals surface area contributed by atoms with E-state index in [0.717, 1.165) is 12.3 Å². The molecule has 1 aromatic carbocycles. The molecule has 0 radical (unpaired) electrons. The smallest absolute Gasteiger partial charge is 0.270 e. The Labute approximate surface area is 162 Å². The third-order valence-corrected chi connectivity index (χ3v) is 5.95. The van der Waals surface area contributed by atoms with Crippen molar-refractivity contribution in [3.63, 3.8) is 0 Å². The summed E-state index contributed by atoms with van der Waals surface area (Å²) in [7, 11) is -3.63. The molecule has 1 saturated heterocycles. The molecule has 0 spiro atoms. The normalized spacial score (nSPS) is 15.4. The van der Waals surface area contributed by atoms with Gasteiger partial charge in [0.15, 0.2) is 9.84 Å². The Morgan fingerprint density at radius 1 is 1.29 bits per heavy atom. The number of hydrogen-bond acceptors (Lipinski definition) is 7. The first-order valence-corrected chi connectivity index (χ1v) is 10.6. The summed E-state index contributed by atoms with van der Waals surface area (Å²) in [4.78, 5) is 24.5. The molecule has 10 heteroatoms. The van der Waals surface area contributed by atoms with Gasteiger partial charge in [-0.2, -0.15) is 0 Å². The van der Waals surface area contributed by atoms with Crippen LogP contribution < -0.4 is 10.2 Å². The summed E-state index contributed by atoms with van der Waals surface area (Å²) in [5.74, 6) is 0.357. The number of nitrogens with one attached hydrogen (secondary N) is 1. The zero-order valence-electron chi connectivity index (χ0n) is 15.5. The van der Waals surface area contributed by atoms with Gasteiger partial charge in [-0.15, -0.1) is 0 Å². The lowest BCUT2D eigenvalue weighted by molar-refractivity contribution is -0.385. The SMILES string of the molecule is Cc1occc1C(=O)NC1CCN(c2ccc([N+](=O)[O-])cc2S(C)(=O)=O)CC1. The molecule has 1 N–H and O–H groups in total. The second-order valence-corrected chi connectivity index (χ2v) is 8.79. The van der Waals surface area contributed by atoms with Crippen LogP contribution in [-0.2, 0) is 9.84 Å². The van der Waals surface area contributed by atoms with Crippen LogP contribution in [-0.4, -0.2) is 44.6 Å². The summed E-state index contributed by atoms with van der Waals surface area (Å²) >= 11 is 0. The van der Waals surface area contributed by atoms with E-state index in [0.29, 0.717) is 42.9 Å². The Morgan fingerprint density at radius 2 is 1.96 bits per heavy atom. The van der Waals surface area contributed by atoms with Crippen molar-refractivity contribution < 1.29 is 22.6 Å². The maximum absolute atomic E-state index is 12.3. The predicted octanol–water partition coefficient (Wildman–Crippen LogP) is 2.30. The molecule has 0 bridgehead atoms. The van der Waals surface area contributed by atoms with E-state index in [1.807, 2.05) is 4.90 Å². The zero-order chi connectivity index (χ0) is 20.5. The van der Waals surface area contributed by atoms with Gasteiger partial charge in [0, 0.05) is 37.5 Å². The van der Waals surface area contributed by atoms with Crippen LogP contribution in [0, 0.1) is 17.0 Å². The summed E-state index contributed by atoms with van der Waals surface area (Å²) in [5, 5.41) is 14.0. The minimum Gasteiger partial charge on any atom is -0.469 e. The molecule has 28 heavy (non-hydrogen) atoms. The van der Waals surface area contributed by atoms with E-state index in [2.05, 4.69) is 5.32 Å². The Hall–Kier alpha value is -2.88. The first-order chi connectivity index (χ1) is 13.2. The lowest BCUT2D eigenvalue weighted by Crippen LogP contribution is -2.45. The minimum absolute atomic E-state index is 0.0437. The molecular weight excluding hydrogens is 386 g/mol. The summed E-state index contributed by atoms with van der Waals surface area (Å²) in [6.07, 6.45) is 3.76. The fraction of sp³-hybridized carbons (Fsp3) is 0.389. The van der Waals surface area contributed by atoms with E-state index in [9.17, 15) is 23.3 Å². The van der Waals surface area contributed by atoms with Crippen molar-refractivity contribution in [3.8, 4) is 0 Å². The van der Waals surface area contributed by atoms with Gasteiger partial charge in [-0.05, 0) is 31.9 Å². The first kappa shape index (κ1) is 19.9. The number of sulfone groups is 1. The minimum atomic E-state index is -3.63. The topological polar surface area (TPSA) is 123 Å². The Morgan fingerprint density at radius 3 is 2.50 bits per heavy atom. The number of anilines is 1. The van der Waals surface area contributed by atoms with E-state index in [1.54, 1.807) is 13.0 Å². The van der Waals surface area contributed by atoms with Crippen molar-refractivity contribution >= 4 is 27.1 Å². The van der Waals surface area contributed by atoms with Gasteiger partial charge < -0.3 is 14.6 Å². The second-order valence-electron chi connectivity index (χ2n) is 6.81. The average Bonchev–Trinajstić information content (AvgIpc) is 3.07. The van der Waals surface area contributed by atoms with Crippen molar-refractivity contribution in [1.29, 1.82) is 0 Å². The highest BCUT2D eigenvalue weighted by atomic mass is 32.2. The number of aryl methyl sites for hydroxylation is 1. The van der Waals surface area contributed by atoms with E-state index in [-0.39, 0.29) is 22.5 Å². The summed E-state index contributed by atoms with van der Waals surface area (Å²) in [6, 6.07) is 5.45. The number of rotatable bonds is 5. The van der Waals surface area contributed by atoms with E-state index in [4.69, 9.17) is 4.42 Å². The molecule has 1 aliphatic heterocycles.